The van der Waals surface area contributed by atoms with Crippen LogP contribution in [-0.2, 0) is 19.5 Å². The monoisotopic (exact) mass is 346 g/mol. The van der Waals surface area contributed by atoms with Gasteiger partial charge in [0.1, 0.15) is 18.5 Å². The highest BCUT2D eigenvalue weighted by Crippen LogP contribution is 2.20. The van der Waals surface area contributed by atoms with E-state index in [1.54, 1.807) is 36.2 Å². The lowest BCUT2D eigenvalue weighted by Gasteiger charge is -2.19. The van der Waals surface area contributed by atoms with E-state index < -0.39 is 5.60 Å². The van der Waals surface area contributed by atoms with Crippen molar-refractivity contribution in [2.24, 2.45) is 0 Å². The van der Waals surface area contributed by atoms with E-state index in [4.69, 9.17) is 4.98 Å². The zero-order valence-corrected chi connectivity index (χ0v) is 14.9. The summed E-state index contributed by atoms with van der Waals surface area (Å²) in [6.07, 6.45) is 3.93. The van der Waals surface area contributed by atoms with E-state index in [9.17, 15) is 5.11 Å². The molecule has 7 nitrogen and oxygen atoms in total. The number of aromatic nitrogens is 6. The molecule has 0 amide bonds. The molecule has 0 aliphatic rings. The molecular formula is C16H22N6OS. The highest BCUT2D eigenvalue weighted by Gasteiger charge is 2.22. The van der Waals surface area contributed by atoms with Crippen LogP contribution in [0.3, 0.4) is 0 Å². The van der Waals surface area contributed by atoms with Crippen molar-refractivity contribution < 1.29 is 5.11 Å². The summed E-state index contributed by atoms with van der Waals surface area (Å²) >= 11 is 1.70. The SMILES string of the molecule is C[C@@H](Cn1cncn1)c1nc(Cc2cccs2)nn1CC(C)(C)O. The van der Waals surface area contributed by atoms with Gasteiger partial charge in [-0.25, -0.2) is 14.6 Å². The lowest BCUT2D eigenvalue weighted by Crippen LogP contribution is -2.28. The van der Waals surface area contributed by atoms with Crippen LogP contribution in [0, 0.1) is 0 Å². The number of aliphatic hydroxyl groups is 1. The summed E-state index contributed by atoms with van der Waals surface area (Å²) in [5.74, 6) is 1.75. The second-order valence-corrected chi connectivity index (χ2v) is 7.66. The predicted molar refractivity (Wildman–Crippen MR) is 91.9 cm³/mol. The van der Waals surface area contributed by atoms with E-state index in [1.807, 2.05) is 10.7 Å². The van der Waals surface area contributed by atoms with Crippen LogP contribution in [0.2, 0.25) is 0 Å². The number of hydrogen-bond donors (Lipinski definition) is 1. The normalized spacial score (nSPS) is 13.3. The van der Waals surface area contributed by atoms with Gasteiger partial charge in [-0.2, -0.15) is 10.2 Å². The Bertz CT molecular complexity index is 757. The predicted octanol–water partition coefficient (Wildman–Crippen LogP) is 2.10. The van der Waals surface area contributed by atoms with Crippen molar-refractivity contribution in [3.05, 3.63) is 46.7 Å². The fourth-order valence-electron chi connectivity index (χ4n) is 2.58. The Hall–Kier alpha value is -2.06. The van der Waals surface area contributed by atoms with Gasteiger partial charge in [0, 0.05) is 17.2 Å². The van der Waals surface area contributed by atoms with Gasteiger partial charge < -0.3 is 5.11 Å². The molecule has 0 fully saturated rings. The first-order chi connectivity index (χ1) is 11.4. The van der Waals surface area contributed by atoms with Gasteiger partial charge in [-0.05, 0) is 25.3 Å². The molecule has 0 radical (unpaired) electrons. The summed E-state index contributed by atoms with van der Waals surface area (Å²) in [5.41, 5.74) is -0.852. The van der Waals surface area contributed by atoms with Gasteiger partial charge in [0.15, 0.2) is 5.82 Å². The first kappa shape index (κ1) is 16.8. The van der Waals surface area contributed by atoms with Crippen LogP contribution in [-0.4, -0.2) is 40.2 Å². The molecule has 128 valence electrons. The average Bonchev–Trinajstić information content (AvgIpc) is 3.20. The maximum absolute atomic E-state index is 10.2. The summed E-state index contributed by atoms with van der Waals surface area (Å²) in [7, 11) is 0. The second-order valence-electron chi connectivity index (χ2n) is 6.63. The number of nitrogens with zero attached hydrogens (tertiary/aromatic N) is 6. The summed E-state index contributed by atoms with van der Waals surface area (Å²) in [4.78, 5) is 9.94. The summed E-state index contributed by atoms with van der Waals surface area (Å²) in [6.45, 7) is 6.71. The Kier molecular flexibility index (Phi) is 4.77. The minimum absolute atomic E-state index is 0.110. The Labute approximate surface area is 145 Å². The Morgan fingerprint density at radius 1 is 1.38 bits per heavy atom. The van der Waals surface area contributed by atoms with E-state index >= 15 is 0 Å². The summed E-state index contributed by atoms with van der Waals surface area (Å²) in [6, 6.07) is 4.11. The van der Waals surface area contributed by atoms with E-state index in [0.717, 1.165) is 11.6 Å². The maximum atomic E-state index is 10.2. The Morgan fingerprint density at radius 2 is 2.21 bits per heavy atom. The molecule has 8 heteroatoms. The number of hydrogen-bond acceptors (Lipinski definition) is 6. The van der Waals surface area contributed by atoms with Crippen molar-refractivity contribution in [1.29, 1.82) is 0 Å². The van der Waals surface area contributed by atoms with E-state index in [1.165, 1.54) is 11.2 Å². The average molecular weight is 346 g/mol. The maximum Gasteiger partial charge on any atom is 0.156 e. The molecular weight excluding hydrogens is 324 g/mol. The zero-order chi connectivity index (χ0) is 17.2. The second kappa shape index (κ2) is 6.82. The Balaban J connectivity index is 1.85. The smallest absolute Gasteiger partial charge is 0.156 e. The van der Waals surface area contributed by atoms with Crippen LogP contribution >= 0.6 is 11.3 Å². The van der Waals surface area contributed by atoms with Gasteiger partial charge in [0.25, 0.3) is 0 Å². The number of rotatable bonds is 7. The van der Waals surface area contributed by atoms with Gasteiger partial charge in [-0.1, -0.05) is 13.0 Å². The van der Waals surface area contributed by atoms with Crippen molar-refractivity contribution in [3.63, 3.8) is 0 Å². The molecule has 0 bridgehead atoms. The zero-order valence-electron chi connectivity index (χ0n) is 14.1. The topological polar surface area (TPSA) is 81.7 Å². The van der Waals surface area contributed by atoms with Crippen molar-refractivity contribution in [2.75, 3.05) is 0 Å². The lowest BCUT2D eigenvalue weighted by molar-refractivity contribution is 0.0561. The molecule has 0 saturated carbocycles. The van der Waals surface area contributed by atoms with Gasteiger partial charge >= 0.3 is 0 Å². The van der Waals surface area contributed by atoms with Crippen LogP contribution in [0.4, 0.5) is 0 Å². The molecule has 0 unspecified atom stereocenters. The van der Waals surface area contributed by atoms with Crippen LogP contribution in [0.15, 0.2) is 30.2 Å². The first-order valence-electron chi connectivity index (χ1n) is 7.91. The van der Waals surface area contributed by atoms with Crippen molar-refractivity contribution in [2.45, 2.75) is 51.8 Å². The van der Waals surface area contributed by atoms with E-state index in [2.05, 4.69) is 33.6 Å². The molecule has 3 rings (SSSR count). The molecule has 0 spiro atoms. The molecule has 3 heterocycles. The van der Waals surface area contributed by atoms with Crippen molar-refractivity contribution in [3.8, 4) is 0 Å². The molecule has 3 aromatic rings. The quantitative estimate of drug-likeness (QED) is 0.708. The molecule has 1 N–H and O–H groups in total. The van der Waals surface area contributed by atoms with Crippen LogP contribution < -0.4 is 0 Å². The molecule has 3 aromatic heterocycles. The van der Waals surface area contributed by atoms with Gasteiger partial charge in [0.05, 0.1) is 18.7 Å². The Morgan fingerprint density at radius 3 is 2.83 bits per heavy atom. The van der Waals surface area contributed by atoms with E-state index in [0.29, 0.717) is 19.5 Å². The van der Waals surface area contributed by atoms with Gasteiger partial charge in [-0.3, -0.25) is 4.68 Å². The third kappa shape index (κ3) is 4.27. The summed E-state index contributed by atoms with van der Waals surface area (Å²) < 4.78 is 3.61. The minimum atomic E-state index is -0.852. The van der Waals surface area contributed by atoms with Gasteiger partial charge in [-0.15, -0.1) is 11.3 Å². The minimum Gasteiger partial charge on any atom is -0.389 e. The molecule has 0 saturated heterocycles. The first-order valence-corrected chi connectivity index (χ1v) is 8.79. The van der Waals surface area contributed by atoms with E-state index in [-0.39, 0.29) is 5.92 Å². The third-order valence-corrected chi connectivity index (χ3v) is 4.44. The highest BCUT2D eigenvalue weighted by molar-refractivity contribution is 7.09. The van der Waals surface area contributed by atoms with Crippen molar-refractivity contribution >= 4 is 11.3 Å². The lowest BCUT2D eigenvalue weighted by atomic mass is 10.1. The van der Waals surface area contributed by atoms with Crippen LogP contribution in [0.5, 0.6) is 0 Å². The van der Waals surface area contributed by atoms with Crippen molar-refractivity contribution in [1.82, 2.24) is 29.5 Å². The van der Waals surface area contributed by atoms with Crippen LogP contribution in [0.25, 0.3) is 0 Å². The van der Waals surface area contributed by atoms with Gasteiger partial charge in [0.2, 0.25) is 0 Å². The molecule has 0 aliphatic heterocycles. The third-order valence-electron chi connectivity index (χ3n) is 3.56. The molecule has 0 aromatic carbocycles. The summed E-state index contributed by atoms with van der Waals surface area (Å²) in [5, 5.41) is 21.0. The molecule has 24 heavy (non-hydrogen) atoms. The van der Waals surface area contributed by atoms with Crippen LogP contribution in [0.1, 0.15) is 43.2 Å². The standard InChI is InChI=1S/C16H22N6OS/c1-12(8-21-11-17-10-18-21)15-19-14(7-13-5-4-6-24-13)20-22(15)9-16(2,3)23/h4-6,10-12,23H,7-9H2,1-3H3/t12-/m0/s1. The fraction of sp³-hybridized carbons (Fsp3) is 0.500. The largest absolute Gasteiger partial charge is 0.389 e. The fourth-order valence-corrected chi connectivity index (χ4v) is 3.28. The molecule has 0 aliphatic carbocycles. The molecule has 1 atom stereocenters. The number of thiophene rings is 1. The highest BCUT2D eigenvalue weighted by atomic mass is 32.1.